The van der Waals surface area contributed by atoms with Crippen LogP contribution in [0.1, 0.15) is 32.6 Å². The third-order valence-electron chi connectivity index (χ3n) is 4.12. The Morgan fingerprint density at radius 1 is 1.32 bits per heavy atom. The summed E-state index contributed by atoms with van der Waals surface area (Å²) in [6, 6.07) is 7.27. The van der Waals surface area contributed by atoms with Crippen LogP contribution >= 0.6 is 15.9 Å². The highest BCUT2D eigenvalue weighted by molar-refractivity contribution is 9.10. The maximum Gasteiger partial charge on any atom is 0.243 e. The Bertz CT molecular complexity index is 543. The Morgan fingerprint density at radius 2 is 2.00 bits per heavy atom. The van der Waals surface area contributed by atoms with Crippen LogP contribution in [0.3, 0.4) is 0 Å². The van der Waals surface area contributed by atoms with Gasteiger partial charge >= 0.3 is 0 Å². The zero-order chi connectivity index (χ0) is 16.2. The summed E-state index contributed by atoms with van der Waals surface area (Å²) < 4.78 is 0.943. The number of nitrogens with two attached hydrogens (primary N) is 1. The number of carbonyl (C=O) groups is 2. The highest BCUT2D eigenvalue weighted by Crippen LogP contribution is 2.31. The van der Waals surface area contributed by atoms with Crippen molar-refractivity contribution < 1.29 is 9.59 Å². The molecule has 22 heavy (non-hydrogen) atoms. The normalized spacial score (nSPS) is 24.6. The molecule has 0 radical (unpaired) electrons. The lowest BCUT2D eigenvalue weighted by atomic mass is 9.74. The average molecular weight is 368 g/mol. The number of hydrogen-bond acceptors (Lipinski definition) is 3. The van der Waals surface area contributed by atoms with E-state index in [0.29, 0.717) is 5.69 Å². The van der Waals surface area contributed by atoms with Gasteiger partial charge in [-0.1, -0.05) is 28.8 Å². The number of nitrogens with one attached hydrogen (secondary N) is 2. The minimum absolute atomic E-state index is 0.0402. The van der Waals surface area contributed by atoms with Crippen LogP contribution < -0.4 is 16.4 Å². The average Bonchev–Trinajstić information content (AvgIpc) is 2.47. The summed E-state index contributed by atoms with van der Waals surface area (Å²) >= 11 is 3.33. The van der Waals surface area contributed by atoms with Gasteiger partial charge in [0.05, 0.1) is 12.5 Å². The fourth-order valence-corrected chi connectivity index (χ4v) is 3.08. The van der Waals surface area contributed by atoms with Crippen LogP contribution in [-0.4, -0.2) is 23.9 Å². The van der Waals surface area contributed by atoms with E-state index in [1.165, 1.54) is 0 Å². The minimum atomic E-state index is -0.482. The van der Waals surface area contributed by atoms with Crippen LogP contribution in [0.2, 0.25) is 0 Å². The Morgan fingerprint density at radius 3 is 2.64 bits per heavy atom. The first-order valence-electron chi connectivity index (χ1n) is 7.50. The van der Waals surface area contributed by atoms with Gasteiger partial charge in [-0.25, -0.2) is 0 Å². The van der Waals surface area contributed by atoms with E-state index in [2.05, 4.69) is 26.6 Å². The highest BCUT2D eigenvalue weighted by Gasteiger charge is 2.37. The number of anilines is 1. The van der Waals surface area contributed by atoms with Crippen molar-refractivity contribution in [2.45, 2.75) is 38.1 Å². The summed E-state index contributed by atoms with van der Waals surface area (Å²) in [4.78, 5) is 24.1. The van der Waals surface area contributed by atoms with Gasteiger partial charge in [-0.15, -0.1) is 0 Å². The van der Waals surface area contributed by atoms with Crippen molar-refractivity contribution >= 4 is 33.4 Å². The molecular formula is C16H22BrN3O2. The van der Waals surface area contributed by atoms with Gasteiger partial charge in [-0.2, -0.15) is 0 Å². The van der Waals surface area contributed by atoms with E-state index in [1.54, 1.807) is 12.1 Å². The number of amides is 2. The van der Waals surface area contributed by atoms with Crippen molar-refractivity contribution in [3.63, 3.8) is 0 Å². The van der Waals surface area contributed by atoms with E-state index >= 15 is 0 Å². The molecule has 0 bridgehead atoms. The molecule has 1 fully saturated rings. The molecule has 2 amide bonds. The van der Waals surface area contributed by atoms with Crippen molar-refractivity contribution in [2.75, 3.05) is 11.9 Å². The maximum absolute atomic E-state index is 12.2. The van der Waals surface area contributed by atoms with E-state index in [4.69, 9.17) is 5.73 Å². The largest absolute Gasteiger partial charge is 0.347 e. The standard InChI is InChI=1S/C16H22BrN3O2/c1-16(18)9-3-2-4-13(16)15(22)19-10-14(21)20-12-7-5-11(17)6-8-12/h5-8,13H,2-4,9-10,18H2,1H3,(H,19,22)(H,20,21). The highest BCUT2D eigenvalue weighted by atomic mass is 79.9. The molecule has 1 aromatic rings. The quantitative estimate of drug-likeness (QED) is 0.763. The number of halogens is 1. The van der Waals surface area contributed by atoms with Crippen LogP contribution in [0, 0.1) is 5.92 Å². The maximum atomic E-state index is 12.2. The number of benzene rings is 1. The predicted molar refractivity (Wildman–Crippen MR) is 90.3 cm³/mol. The van der Waals surface area contributed by atoms with E-state index in [-0.39, 0.29) is 24.3 Å². The smallest absolute Gasteiger partial charge is 0.243 e. The first-order chi connectivity index (χ1) is 10.4. The Balaban J connectivity index is 1.82. The van der Waals surface area contributed by atoms with Crippen molar-refractivity contribution in [1.82, 2.24) is 5.32 Å². The van der Waals surface area contributed by atoms with Gasteiger partial charge in [0.2, 0.25) is 11.8 Å². The lowest BCUT2D eigenvalue weighted by Gasteiger charge is -2.37. The van der Waals surface area contributed by atoms with Crippen molar-refractivity contribution in [3.8, 4) is 0 Å². The first kappa shape index (κ1) is 17.0. The second-order valence-electron chi connectivity index (χ2n) is 6.08. The van der Waals surface area contributed by atoms with Gasteiger partial charge in [0, 0.05) is 15.7 Å². The monoisotopic (exact) mass is 367 g/mol. The summed E-state index contributed by atoms with van der Waals surface area (Å²) in [5, 5.41) is 5.44. The molecule has 1 aliphatic rings. The summed E-state index contributed by atoms with van der Waals surface area (Å²) in [7, 11) is 0. The molecule has 1 aliphatic carbocycles. The molecule has 5 nitrogen and oxygen atoms in total. The zero-order valence-electron chi connectivity index (χ0n) is 12.7. The molecule has 1 saturated carbocycles. The Labute approximate surface area is 139 Å². The van der Waals surface area contributed by atoms with Gasteiger partial charge in [0.15, 0.2) is 0 Å². The molecule has 1 aromatic carbocycles. The molecule has 2 unspecified atom stereocenters. The van der Waals surface area contributed by atoms with E-state index in [9.17, 15) is 9.59 Å². The molecule has 4 N–H and O–H groups in total. The lowest BCUT2D eigenvalue weighted by molar-refractivity contribution is -0.130. The molecule has 0 aliphatic heterocycles. The fourth-order valence-electron chi connectivity index (χ4n) is 2.82. The second-order valence-corrected chi connectivity index (χ2v) is 6.99. The van der Waals surface area contributed by atoms with Crippen LogP contribution in [0.15, 0.2) is 28.7 Å². The molecule has 0 spiro atoms. The van der Waals surface area contributed by atoms with Gasteiger partial charge < -0.3 is 16.4 Å². The zero-order valence-corrected chi connectivity index (χ0v) is 14.3. The molecule has 0 heterocycles. The third kappa shape index (κ3) is 4.55. The summed E-state index contributed by atoms with van der Waals surface area (Å²) in [5.41, 5.74) is 6.42. The van der Waals surface area contributed by atoms with Crippen LogP contribution in [0.4, 0.5) is 5.69 Å². The van der Waals surface area contributed by atoms with Crippen molar-refractivity contribution in [1.29, 1.82) is 0 Å². The molecule has 0 aromatic heterocycles. The van der Waals surface area contributed by atoms with Crippen molar-refractivity contribution in [2.24, 2.45) is 11.7 Å². The van der Waals surface area contributed by atoms with E-state index < -0.39 is 5.54 Å². The van der Waals surface area contributed by atoms with E-state index in [1.807, 2.05) is 19.1 Å². The third-order valence-corrected chi connectivity index (χ3v) is 4.65. The molecule has 120 valence electrons. The molecular weight excluding hydrogens is 346 g/mol. The van der Waals surface area contributed by atoms with Crippen LogP contribution in [0.5, 0.6) is 0 Å². The summed E-state index contributed by atoms with van der Waals surface area (Å²) in [6.07, 6.45) is 3.69. The Kier molecular flexibility index (Phi) is 5.58. The number of rotatable bonds is 4. The molecule has 2 rings (SSSR count). The number of hydrogen-bond donors (Lipinski definition) is 3. The topological polar surface area (TPSA) is 84.2 Å². The predicted octanol–water partition coefficient (Wildman–Crippen LogP) is 2.41. The van der Waals surface area contributed by atoms with Crippen molar-refractivity contribution in [3.05, 3.63) is 28.7 Å². The summed E-state index contributed by atoms with van der Waals surface area (Å²) in [6.45, 7) is 1.87. The van der Waals surface area contributed by atoms with Crippen LogP contribution in [0.25, 0.3) is 0 Å². The fraction of sp³-hybridized carbons (Fsp3) is 0.500. The number of carbonyl (C=O) groups excluding carboxylic acids is 2. The minimum Gasteiger partial charge on any atom is -0.347 e. The first-order valence-corrected chi connectivity index (χ1v) is 8.30. The Hall–Kier alpha value is -1.40. The second kappa shape index (κ2) is 7.24. The molecule has 0 saturated heterocycles. The van der Waals surface area contributed by atoms with Gasteiger partial charge in [-0.05, 0) is 44.0 Å². The van der Waals surface area contributed by atoms with E-state index in [0.717, 1.165) is 30.2 Å². The summed E-state index contributed by atoms with van der Waals surface area (Å²) in [5.74, 6) is -0.595. The van der Waals surface area contributed by atoms with Gasteiger partial charge in [-0.3, -0.25) is 9.59 Å². The lowest BCUT2D eigenvalue weighted by Crippen LogP contribution is -2.53. The van der Waals surface area contributed by atoms with Gasteiger partial charge in [0.25, 0.3) is 0 Å². The molecule has 2 atom stereocenters. The molecule has 6 heteroatoms. The van der Waals surface area contributed by atoms with Gasteiger partial charge in [0.1, 0.15) is 0 Å². The SMILES string of the molecule is CC1(N)CCCCC1C(=O)NCC(=O)Nc1ccc(Br)cc1. The van der Waals surface area contributed by atoms with Crippen LogP contribution in [-0.2, 0) is 9.59 Å².